The summed E-state index contributed by atoms with van der Waals surface area (Å²) in [5.74, 6) is 5.51. The molecule has 0 heterocycles. The molecule has 0 aliphatic rings. The number of nitrogens with two attached hydrogens (primary N) is 1. The fourth-order valence-corrected chi connectivity index (χ4v) is 1.17. The summed E-state index contributed by atoms with van der Waals surface area (Å²) in [4.78, 5) is 10.8. The van der Waals surface area contributed by atoms with Gasteiger partial charge in [0.2, 0.25) is 5.91 Å². The van der Waals surface area contributed by atoms with Crippen LogP contribution in [0.3, 0.4) is 0 Å². The average molecular weight is 209 g/mol. The first-order chi connectivity index (χ1) is 7.27. The fourth-order valence-electron chi connectivity index (χ4n) is 1.17. The molecule has 1 aromatic rings. The van der Waals surface area contributed by atoms with Crippen LogP contribution in [0.2, 0.25) is 0 Å². The van der Waals surface area contributed by atoms with Crippen molar-refractivity contribution in [3.8, 4) is 5.75 Å². The summed E-state index contributed by atoms with van der Waals surface area (Å²) in [6.45, 7) is 0.517. The maximum Gasteiger partial charge on any atom is 0.235 e. The van der Waals surface area contributed by atoms with Gasteiger partial charge in [-0.05, 0) is 12.1 Å². The van der Waals surface area contributed by atoms with Crippen molar-refractivity contribution < 1.29 is 9.53 Å². The van der Waals surface area contributed by atoms with Crippen molar-refractivity contribution in [1.82, 2.24) is 5.43 Å². The van der Waals surface area contributed by atoms with Crippen LogP contribution in [0, 0.1) is 0 Å². The molecule has 0 atom stereocenters. The number of hydrogen-bond donors (Lipinski definition) is 3. The molecule has 1 amide bonds. The lowest BCUT2D eigenvalue weighted by atomic mass is 10.3. The zero-order valence-corrected chi connectivity index (χ0v) is 8.62. The van der Waals surface area contributed by atoms with E-state index < -0.39 is 0 Å². The van der Waals surface area contributed by atoms with Crippen molar-refractivity contribution in [2.75, 3.05) is 19.0 Å². The second-order valence-electron chi connectivity index (χ2n) is 2.94. The molecule has 0 spiro atoms. The summed E-state index contributed by atoms with van der Waals surface area (Å²) in [5.41, 5.74) is 2.94. The van der Waals surface area contributed by atoms with Crippen molar-refractivity contribution in [2.45, 2.75) is 6.42 Å². The Morgan fingerprint density at radius 1 is 1.47 bits per heavy atom. The summed E-state index contributed by atoms with van der Waals surface area (Å²) in [5, 5.41) is 3.09. The van der Waals surface area contributed by atoms with Gasteiger partial charge in [0.05, 0.1) is 12.8 Å². The number of carbonyl (C=O) groups excluding carboxylic acids is 1. The van der Waals surface area contributed by atoms with Gasteiger partial charge in [-0.3, -0.25) is 10.2 Å². The van der Waals surface area contributed by atoms with Gasteiger partial charge >= 0.3 is 0 Å². The molecular formula is C10H15N3O2. The van der Waals surface area contributed by atoms with E-state index in [0.29, 0.717) is 13.0 Å². The first kappa shape index (κ1) is 11.3. The van der Waals surface area contributed by atoms with Gasteiger partial charge in [-0.1, -0.05) is 12.1 Å². The molecule has 0 aliphatic heterocycles. The molecule has 0 unspecified atom stereocenters. The van der Waals surface area contributed by atoms with E-state index in [9.17, 15) is 4.79 Å². The van der Waals surface area contributed by atoms with E-state index in [-0.39, 0.29) is 5.91 Å². The van der Waals surface area contributed by atoms with E-state index >= 15 is 0 Å². The molecule has 5 heteroatoms. The lowest BCUT2D eigenvalue weighted by Crippen LogP contribution is -2.31. The number of nitrogens with one attached hydrogen (secondary N) is 2. The first-order valence-electron chi connectivity index (χ1n) is 4.64. The van der Waals surface area contributed by atoms with Gasteiger partial charge in [0.15, 0.2) is 0 Å². The Hall–Kier alpha value is -1.75. The summed E-state index contributed by atoms with van der Waals surface area (Å²) in [7, 11) is 1.60. The first-order valence-corrected chi connectivity index (χ1v) is 4.64. The highest BCUT2D eigenvalue weighted by Crippen LogP contribution is 2.22. The number of rotatable bonds is 5. The maximum absolute atomic E-state index is 10.8. The van der Waals surface area contributed by atoms with E-state index in [4.69, 9.17) is 10.6 Å². The Bertz CT molecular complexity index is 328. The zero-order valence-electron chi connectivity index (χ0n) is 8.62. The minimum absolute atomic E-state index is 0.197. The topological polar surface area (TPSA) is 76.4 Å². The third-order valence-corrected chi connectivity index (χ3v) is 1.94. The Morgan fingerprint density at radius 2 is 2.20 bits per heavy atom. The van der Waals surface area contributed by atoms with Gasteiger partial charge in [-0.15, -0.1) is 0 Å². The number of methoxy groups -OCH3 is 1. The number of amides is 1. The SMILES string of the molecule is COc1ccccc1NCCC(=O)NN. The number of hydrogen-bond acceptors (Lipinski definition) is 4. The molecule has 0 radical (unpaired) electrons. The van der Waals surface area contributed by atoms with Crippen LogP contribution in [-0.4, -0.2) is 19.6 Å². The summed E-state index contributed by atoms with van der Waals surface area (Å²) in [6, 6.07) is 7.52. The van der Waals surface area contributed by atoms with Crippen LogP contribution < -0.4 is 21.3 Å². The Morgan fingerprint density at radius 3 is 2.87 bits per heavy atom. The molecule has 1 aromatic carbocycles. The van der Waals surface area contributed by atoms with Gasteiger partial charge in [-0.25, -0.2) is 5.84 Å². The summed E-state index contributed by atoms with van der Waals surface area (Å²) < 4.78 is 5.14. The van der Waals surface area contributed by atoms with Crippen LogP contribution in [0.15, 0.2) is 24.3 Å². The summed E-state index contributed by atoms with van der Waals surface area (Å²) in [6.07, 6.45) is 0.328. The third kappa shape index (κ3) is 3.47. The van der Waals surface area contributed by atoms with Crippen LogP contribution in [0.25, 0.3) is 0 Å². The summed E-state index contributed by atoms with van der Waals surface area (Å²) >= 11 is 0. The van der Waals surface area contributed by atoms with Gasteiger partial charge in [0.25, 0.3) is 0 Å². The van der Waals surface area contributed by atoms with E-state index in [2.05, 4.69) is 10.7 Å². The van der Waals surface area contributed by atoms with Crippen molar-refractivity contribution >= 4 is 11.6 Å². The van der Waals surface area contributed by atoms with Gasteiger partial charge in [-0.2, -0.15) is 0 Å². The maximum atomic E-state index is 10.8. The average Bonchev–Trinajstić information content (AvgIpc) is 2.29. The lowest BCUT2D eigenvalue weighted by Gasteiger charge is -2.09. The number of benzene rings is 1. The molecule has 82 valence electrons. The number of carbonyl (C=O) groups is 1. The predicted octanol–water partition coefficient (Wildman–Crippen LogP) is 0.487. The Balaban J connectivity index is 2.46. The number of para-hydroxylation sites is 2. The molecule has 0 bridgehead atoms. The van der Waals surface area contributed by atoms with Gasteiger partial charge in [0.1, 0.15) is 5.75 Å². The molecule has 0 aromatic heterocycles. The number of hydrazine groups is 1. The smallest absolute Gasteiger partial charge is 0.235 e. The second kappa shape index (κ2) is 5.87. The standard InChI is InChI=1S/C10H15N3O2/c1-15-9-5-3-2-4-8(9)12-7-6-10(14)13-11/h2-5,12H,6-7,11H2,1H3,(H,13,14). The lowest BCUT2D eigenvalue weighted by molar-refractivity contribution is -0.120. The third-order valence-electron chi connectivity index (χ3n) is 1.94. The Labute approximate surface area is 88.6 Å². The predicted molar refractivity (Wildman–Crippen MR) is 58.4 cm³/mol. The quantitative estimate of drug-likeness (QED) is 0.374. The fraction of sp³-hybridized carbons (Fsp3) is 0.300. The molecule has 0 saturated carbocycles. The van der Waals surface area contributed by atoms with Crippen molar-refractivity contribution in [3.05, 3.63) is 24.3 Å². The number of ether oxygens (including phenoxy) is 1. The van der Waals surface area contributed by atoms with Crippen LogP contribution in [0.4, 0.5) is 5.69 Å². The normalized spacial score (nSPS) is 9.47. The molecule has 15 heavy (non-hydrogen) atoms. The van der Waals surface area contributed by atoms with Gasteiger partial charge < -0.3 is 10.1 Å². The monoisotopic (exact) mass is 209 g/mol. The molecule has 0 fully saturated rings. The van der Waals surface area contributed by atoms with Crippen LogP contribution in [0.5, 0.6) is 5.75 Å². The van der Waals surface area contributed by atoms with E-state index in [1.165, 1.54) is 0 Å². The van der Waals surface area contributed by atoms with Gasteiger partial charge in [0, 0.05) is 13.0 Å². The molecule has 4 N–H and O–H groups in total. The molecular weight excluding hydrogens is 194 g/mol. The van der Waals surface area contributed by atoms with E-state index in [1.807, 2.05) is 24.3 Å². The van der Waals surface area contributed by atoms with Crippen molar-refractivity contribution in [3.63, 3.8) is 0 Å². The molecule has 5 nitrogen and oxygen atoms in total. The number of anilines is 1. The van der Waals surface area contributed by atoms with Crippen LogP contribution in [-0.2, 0) is 4.79 Å². The molecule has 0 saturated heterocycles. The second-order valence-corrected chi connectivity index (χ2v) is 2.94. The molecule has 0 aliphatic carbocycles. The van der Waals surface area contributed by atoms with Crippen molar-refractivity contribution in [1.29, 1.82) is 0 Å². The minimum Gasteiger partial charge on any atom is -0.495 e. The van der Waals surface area contributed by atoms with E-state index in [1.54, 1.807) is 7.11 Å². The zero-order chi connectivity index (χ0) is 11.1. The highest BCUT2D eigenvalue weighted by atomic mass is 16.5. The highest BCUT2D eigenvalue weighted by Gasteiger charge is 2.01. The van der Waals surface area contributed by atoms with E-state index in [0.717, 1.165) is 11.4 Å². The molecule has 1 rings (SSSR count). The largest absolute Gasteiger partial charge is 0.495 e. The van der Waals surface area contributed by atoms with Crippen LogP contribution >= 0.6 is 0 Å². The highest BCUT2D eigenvalue weighted by molar-refractivity contribution is 5.75. The minimum atomic E-state index is -0.197. The Kier molecular flexibility index (Phi) is 4.43. The van der Waals surface area contributed by atoms with Crippen molar-refractivity contribution in [2.24, 2.45) is 5.84 Å². The van der Waals surface area contributed by atoms with Crippen LogP contribution in [0.1, 0.15) is 6.42 Å².